The molecular weight excluding hydrogens is 228 g/mol. The van der Waals surface area contributed by atoms with Gasteiger partial charge in [-0.1, -0.05) is 12.1 Å². The largest absolute Gasteiger partial charge is 0.427 e. The van der Waals surface area contributed by atoms with E-state index in [2.05, 4.69) is 0 Å². The molecule has 0 aliphatic heterocycles. The molecule has 0 radical (unpaired) electrons. The molecule has 0 heterocycles. The molecule has 16 heavy (non-hydrogen) atoms. The second-order valence-electron chi connectivity index (χ2n) is 3.13. The number of nitrogens with zero attached hydrogens (tertiary/aromatic N) is 1. The molecule has 0 bridgehead atoms. The van der Waals surface area contributed by atoms with E-state index in [1.165, 1.54) is 6.92 Å². The van der Waals surface area contributed by atoms with E-state index in [0.29, 0.717) is 5.75 Å². The summed E-state index contributed by atoms with van der Waals surface area (Å²) in [4.78, 5) is 10.7. The van der Waals surface area contributed by atoms with E-state index in [-0.39, 0.29) is 30.8 Å². The number of benzene rings is 1. The third-order valence-corrected chi connectivity index (χ3v) is 1.86. The van der Waals surface area contributed by atoms with Gasteiger partial charge >= 0.3 is 5.97 Å². The number of hydrogen-bond acceptors (Lipinski definition) is 4. The van der Waals surface area contributed by atoms with Crippen LogP contribution in [0.15, 0.2) is 24.3 Å². The maximum Gasteiger partial charge on any atom is 0.308 e. The van der Waals surface area contributed by atoms with E-state index < -0.39 is 0 Å². The van der Waals surface area contributed by atoms with Crippen LogP contribution in [0.3, 0.4) is 0 Å². The SMILES string of the molecule is CC(=O)Oc1cccc([C@@H](N)CC#N)c1.Cl. The second-order valence-corrected chi connectivity index (χ2v) is 3.13. The Hall–Kier alpha value is -1.57. The molecule has 0 unspecified atom stereocenters. The molecule has 0 aromatic heterocycles. The topological polar surface area (TPSA) is 76.1 Å². The predicted octanol–water partition coefficient (Wildman–Crippen LogP) is 1.95. The van der Waals surface area contributed by atoms with Gasteiger partial charge in [0, 0.05) is 13.0 Å². The van der Waals surface area contributed by atoms with Crippen LogP contribution in [0.25, 0.3) is 0 Å². The highest BCUT2D eigenvalue weighted by atomic mass is 35.5. The van der Waals surface area contributed by atoms with Gasteiger partial charge in [-0.15, -0.1) is 12.4 Å². The summed E-state index contributed by atoms with van der Waals surface area (Å²) in [6.45, 7) is 1.34. The van der Waals surface area contributed by atoms with Crippen LogP contribution in [0.2, 0.25) is 0 Å². The maximum atomic E-state index is 10.7. The average molecular weight is 241 g/mol. The van der Waals surface area contributed by atoms with Gasteiger partial charge in [-0.25, -0.2) is 0 Å². The van der Waals surface area contributed by atoms with Gasteiger partial charge in [0.1, 0.15) is 5.75 Å². The van der Waals surface area contributed by atoms with E-state index in [9.17, 15) is 4.79 Å². The van der Waals surface area contributed by atoms with E-state index >= 15 is 0 Å². The standard InChI is InChI=1S/C11H12N2O2.ClH/c1-8(14)15-10-4-2-3-9(7-10)11(13)5-6-12;/h2-4,7,11H,5,13H2,1H3;1H/t11-;/m0./s1. The summed E-state index contributed by atoms with van der Waals surface area (Å²) >= 11 is 0. The summed E-state index contributed by atoms with van der Waals surface area (Å²) in [5.41, 5.74) is 6.53. The van der Waals surface area contributed by atoms with Crippen LogP contribution in [-0.2, 0) is 4.79 Å². The number of halogens is 1. The van der Waals surface area contributed by atoms with Gasteiger partial charge in [0.25, 0.3) is 0 Å². The molecule has 4 nitrogen and oxygen atoms in total. The summed E-state index contributed by atoms with van der Waals surface area (Å²) in [5, 5.41) is 8.50. The van der Waals surface area contributed by atoms with Gasteiger partial charge in [0.15, 0.2) is 0 Å². The van der Waals surface area contributed by atoms with Crippen LogP contribution < -0.4 is 10.5 Å². The number of rotatable bonds is 3. The van der Waals surface area contributed by atoms with Gasteiger partial charge in [-0.05, 0) is 17.7 Å². The van der Waals surface area contributed by atoms with Crippen molar-refractivity contribution in [2.45, 2.75) is 19.4 Å². The first-order valence-corrected chi connectivity index (χ1v) is 4.54. The molecule has 0 aliphatic rings. The van der Waals surface area contributed by atoms with Crippen molar-refractivity contribution >= 4 is 18.4 Å². The highest BCUT2D eigenvalue weighted by molar-refractivity contribution is 5.85. The van der Waals surface area contributed by atoms with Crippen molar-refractivity contribution in [2.75, 3.05) is 0 Å². The summed E-state index contributed by atoms with van der Waals surface area (Å²) in [6, 6.07) is 8.53. The highest BCUT2D eigenvalue weighted by Crippen LogP contribution is 2.19. The zero-order chi connectivity index (χ0) is 11.3. The highest BCUT2D eigenvalue weighted by Gasteiger charge is 2.06. The van der Waals surface area contributed by atoms with Gasteiger partial charge in [-0.3, -0.25) is 4.79 Å². The number of hydrogen-bond donors (Lipinski definition) is 1. The Kier molecular flexibility index (Phi) is 6.16. The summed E-state index contributed by atoms with van der Waals surface area (Å²) < 4.78 is 4.91. The monoisotopic (exact) mass is 240 g/mol. The average Bonchev–Trinajstić information content (AvgIpc) is 2.17. The van der Waals surface area contributed by atoms with Gasteiger partial charge in [0.2, 0.25) is 0 Å². The number of carbonyl (C=O) groups excluding carboxylic acids is 1. The zero-order valence-corrected chi connectivity index (χ0v) is 9.66. The van der Waals surface area contributed by atoms with Gasteiger partial charge < -0.3 is 10.5 Å². The first kappa shape index (κ1) is 14.4. The molecule has 1 aromatic rings. The Morgan fingerprint density at radius 3 is 2.88 bits per heavy atom. The summed E-state index contributed by atoms with van der Waals surface area (Å²) in [6.07, 6.45) is 0.240. The predicted molar refractivity (Wildman–Crippen MR) is 62.2 cm³/mol. The Balaban J connectivity index is 0.00000225. The molecular formula is C11H13ClN2O2. The van der Waals surface area contributed by atoms with Crippen LogP contribution in [0, 0.1) is 11.3 Å². The van der Waals surface area contributed by atoms with Gasteiger partial charge in [0.05, 0.1) is 12.5 Å². The maximum absolute atomic E-state index is 10.7. The molecule has 5 heteroatoms. The van der Waals surface area contributed by atoms with Crippen molar-refractivity contribution in [3.8, 4) is 11.8 Å². The Morgan fingerprint density at radius 1 is 1.62 bits per heavy atom. The minimum atomic E-state index is -0.374. The third-order valence-electron chi connectivity index (χ3n) is 1.86. The van der Waals surface area contributed by atoms with E-state index in [1.807, 2.05) is 6.07 Å². The molecule has 2 N–H and O–H groups in total. The summed E-state index contributed by atoms with van der Waals surface area (Å²) in [5.74, 6) is 0.0781. The van der Waals surface area contributed by atoms with Crippen LogP contribution >= 0.6 is 12.4 Å². The van der Waals surface area contributed by atoms with Crippen LogP contribution in [0.4, 0.5) is 0 Å². The second kappa shape index (κ2) is 6.83. The molecule has 86 valence electrons. The molecule has 0 spiro atoms. The molecule has 0 saturated carbocycles. The molecule has 0 fully saturated rings. The molecule has 0 amide bonds. The van der Waals surface area contributed by atoms with E-state index in [0.717, 1.165) is 5.56 Å². The molecule has 1 aromatic carbocycles. The zero-order valence-electron chi connectivity index (χ0n) is 8.84. The summed E-state index contributed by atoms with van der Waals surface area (Å²) in [7, 11) is 0. The van der Waals surface area contributed by atoms with E-state index in [4.69, 9.17) is 15.7 Å². The van der Waals surface area contributed by atoms with Crippen molar-refractivity contribution in [1.82, 2.24) is 0 Å². The van der Waals surface area contributed by atoms with E-state index in [1.54, 1.807) is 24.3 Å². The fraction of sp³-hybridized carbons (Fsp3) is 0.273. The van der Waals surface area contributed by atoms with Gasteiger partial charge in [-0.2, -0.15) is 5.26 Å². The quantitative estimate of drug-likeness (QED) is 0.647. The third kappa shape index (κ3) is 4.30. The van der Waals surface area contributed by atoms with Crippen molar-refractivity contribution in [3.05, 3.63) is 29.8 Å². The molecule has 0 aliphatic carbocycles. The lowest BCUT2D eigenvalue weighted by molar-refractivity contribution is -0.131. The Bertz CT molecular complexity index is 401. The lowest BCUT2D eigenvalue weighted by Crippen LogP contribution is -2.09. The molecule has 1 rings (SSSR count). The number of carbonyl (C=O) groups is 1. The first-order chi connectivity index (χ1) is 7.13. The van der Waals surface area contributed by atoms with Crippen LogP contribution in [0.1, 0.15) is 24.9 Å². The smallest absolute Gasteiger partial charge is 0.308 e. The number of nitrogens with two attached hydrogens (primary N) is 1. The fourth-order valence-corrected chi connectivity index (χ4v) is 1.19. The molecule has 1 atom stereocenters. The lowest BCUT2D eigenvalue weighted by atomic mass is 10.1. The minimum Gasteiger partial charge on any atom is -0.427 e. The van der Waals surface area contributed by atoms with Crippen molar-refractivity contribution < 1.29 is 9.53 Å². The minimum absolute atomic E-state index is 0. The van der Waals surface area contributed by atoms with Crippen LogP contribution in [-0.4, -0.2) is 5.97 Å². The van der Waals surface area contributed by atoms with Crippen molar-refractivity contribution in [2.24, 2.45) is 5.73 Å². The van der Waals surface area contributed by atoms with Crippen molar-refractivity contribution in [1.29, 1.82) is 5.26 Å². The first-order valence-electron chi connectivity index (χ1n) is 4.54. The lowest BCUT2D eigenvalue weighted by Gasteiger charge is -2.09. The number of ether oxygens (including phenoxy) is 1. The Labute approximate surface area is 100 Å². The van der Waals surface area contributed by atoms with Crippen LogP contribution in [0.5, 0.6) is 5.75 Å². The number of nitriles is 1. The fourth-order valence-electron chi connectivity index (χ4n) is 1.19. The van der Waals surface area contributed by atoms with Crippen molar-refractivity contribution in [3.63, 3.8) is 0 Å². The normalized spacial score (nSPS) is 10.8. The number of esters is 1. The Morgan fingerprint density at radius 2 is 2.31 bits per heavy atom. The molecule has 0 saturated heterocycles.